The van der Waals surface area contributed by atoms with Gasteiger partial charge in [0, 0.05) is 41.9 Å². The standard InChI is InChI=1S/C20H23FN2O2S/c1-14(2)25-19-8-7-15(13-22-19)20(24)23-10-9-18(26-12-11-23)16-5-3-4-6-17(16)21/h3-8,13-14,18H,9-12H2,1-2H3. The van der Waals surface area contributed by atoms with Gasteiger partial charge in [0.2, 0.25) is 5.88 Å². The van der Waals surface area contributed by atoms with Crippen molar-refractivity contribution in [3.05, 3.63) is 59.5 Å². The van der Waals surface area contributed by atoms with Gasteiger partial charge in [-0.15, -0.1) is 0 Å². The van der Waals surface area contributed by atoms with Crippen LogP contribution in [0, 0.1) is 5.82 Å². The minimum absolute atomic E-state index is 0.0385. The van der Waals surface area contributed by atoms with Gasteiger partial charge in [0.25, 0.3) is 5.91 Å². The molecule has 1 fully saturated rings. The number of benzene rings is 1. The van der Waals surface area contributed by atoms with E-state index in [1.807, 2.05) is 30.9 Å². The lowest BCUT2D eigenvalue weighted by molar-refractivity contribution is 0.0766. The fourth-order valence-electron chi connectivity index (χ4n) is 2.96. The maximum atomic E-state index is 14.0. The van der Waals surface area contributed by atoms with Gasteiger partial charge < -0.3 is 9.64 Å². The molecule has 4 nitrogen and oxygen atoms in total. The summed E-state index contributed by atoms with van der Waals surface area (Å²) >= 11 is 1.71. The van der Waals surface area contributed by atoms with E-state index >= 15 is 0 Å². The lowest BCUT2D eigenvalue weighted by Crippen LogP contribution is -2.33. The van der Waals surface area contributed by atoms with Crippen LogP contribution in [-0.4, -0.2) is 40.7 Å². The summed E-state index contributed by atoms with van der Waals surface area (Å²) < 4.78 is 19.6. The van der Waals surface area contributed by atoms with E-state index in [1.165, 1.54) is 6.07 Å². The zero-order valence-corrected chi connectivity index (χ0v) is 15.8. The van der Waals surface area contributed by atoms with E-state index < -0.39 is 0 Å². The first-order chi connectivity index (χ1) is 12.5. The molecule has 0 radical (unpaired) electrons. The molecule has 26 heavy (non-hydrogen) atoms. The molecule has 0 spiro atoms. The second-order valence-corrected chi connectivity index (χ2v) is 7.82. The van der Waals surface area contributed by atoms with Crippen LogP contribution in [0.15, 0.2) is 42.6 Å². The van der Waals surface area contributed by atoms with Crippen LogP contribution in [0.4, 0.5) is 4.39 Å². The van der Waals surface area contributed by atoms with Crippen molar-refractivity contribution in [3.8, 4) is 5.88 Å². The van der Waals surface area contributed by atoms with Gasteiger partial charge >= 0.3 is 0 Å². The van der Waals surface area contributed by atoms with Crippen molar-refractivity contribution >= 4 is 17.7 Å². The summed E-state index contributed by atoms with van der Waals surface area (Å²) in [5, 5.41) is 0.0777. The Morgan fingerprint density at radius 2 is 2.08 bits per heavy atom. The summed E-state index contributed by atoms with van der Waals surface area (Å²) in [6, 6.07) is 10.4. The minimum Gasteiger partial charge on any atom is -0.475 e. The van der Waals surface area contributed by atoms with Crippen molar-refractivity contribution in [3.63, 3.8) is 0 Å². The molecule has 6 heteroatoms. The molecule has 2 aromatic rings. The number of aromatic nitrogens is 1. The minimum atomic E-state index is -0.172. The number of hydrogen-bond acceptors (Lipinski definition) is 4. The van der Waals surface area contributed by atoms with Gasteiger partial charge in [0.05, 0.1) is 11.7 Å². The van der Waals surface area contributed by atoms with Crippen molar-refractivity contribution in [2.45, 2.75) is 31.6 Å². The highest BCUT2D eigenvalue weighted by Gasteiger charge is 2.24. The van der Waals surface area contributed by atoms with Crippen LogP contribution in [0.5, 0.6) is 5.88 Å². The molecular formula is C20H23FN2O2S. The third-order valence-corrected chi connectivity index (χ3v) is 5.53. The number of thioether (sulfide) groups is 1. The summed E-state index contributed by atoms with van der Waals surface area (Å²) in [5.74, 6) is 1.09. The van der Waals surface area contributed by atoms with Gasteiger partial charge in [0.15, 0.2) is 0 Å². The Bertz CT molecular complexity index is 752. The summed E-state index contributed by atoms with van der Waals surface area (Å²) in [4.78, 5) is 18.8. The number of ether oxygens (including phenoxy) is 1. The zero-order valence-electron chi connectivity index (χ0n) is 15.0. The molecular weight excluding hydrogens is 351 g/mol. The molecule has 0 aliphatic carbocycles. The number of halogens is 1. The normalized spacial score (nSPS) is 17.8. The molecule has 1 aromatic carbocycles. The van der Waals surface area contributed by atoms with Crippen molar-refractivity contribution < 1.29 is 13.9 Å². The van der Waals surface area contributed by atoms with Gasteiger partial charge in [-0.2, -0.15) is 11.8 Å². The Kier molecular flexibility index (Phi) is 6.14. The second kappa shape index (κ2) is 8.54. The largest absolute Gasteiger partial charge is 0.475 e. The number of amides is 1. The number of nitrogens with zero attached hydrogens (tertiary/aromatic N) is 2. The molecule has 0 bridgehead atoms. The molecule has 1 aliphatic heterocycles. The summed E-state index contributed by atoms with van der Waals surface area (Å²) in [6.45, 7) is 5.12. The summed E-state index contributed by atoms with van der Waals surface area (Å²) in [6.07, 6.45) is 2.34. The predicted molar refractivity (Wildman–Crippen MR) is 102 cm³/mol. The number of hydrogen-bond donors (Lipinski definition) is 0. The van der Waals surface area contributed by atoms with Crippen LogP contribution >= 0.6 is 11.8 Å². The molecule has 1 amide bonds. The smallest absolute Gasteiger partial charge is 0.255 e. The molecule has 1 atom stereocenters. The Labute approximate surface area is 157 Å². The topological polar surface area (TPSA) is 42.4 Å². The average molecular weight is 374 g/mol. The second-order valence-electron chi connectivity index (χ2n) is 6.51. The number of rotatable bonds is 4. The average Bonchev–Trinajstić information content (AvgIpc) is 2.88. The fourth-order valence-corrected chi connectivity index (χ4v) is 4.21. The summed E-state index contributed by atoms with van der Waals surface area (Å²) in [5.41, 5.74) is 1.28. The molecule has 1 aliphatic rings. The van der Waals surface area contributed by atoms with Crippen LogP contribution in [0.25, 0.3) is 0 Å². The SMILES string of the molecule is CC(C)Oc1ccc(C(=O)N2CCSC(c3ccccc3F)CC2)cn1. The zero-order chi connectivity index (χ0) is 18.5. The molecule has 1 saturated heterocycles. The highest BCUT2D eigenvalue weighted by Crippen LogP contribution is 2.35. The van der Waals surface area contributed by atoms with E-state index in [1.54, 1.807) is 36.2 Å². The van der Waals surface area contributed by atoms with Crippen molar-refractivity contribution in [1.82, 2.24) is 9.88 Å². The van der Waals surface area contributed by atoms with Crippen molar-refractivity contribution in [2.75, 3.05) is 18.8 Å². The van der Waals surface area contributed by atoms with Crippen LogP contribution in [0.3, 0.4) is 0 Å². The van der Waals surface area contributed by atoms with Crippen LogP contribution in [-0.2, 0) is 0 Å². The highest BCUT2D eigenvalue weighted by atomic mass is 32.2. The van der Waals surface area contributed by atoms with Crippen molar-refractivity contribution in [1.29, 1.82) is 0 Å². The van der Waals surface area contributed by atoms with Crippen molar-refractivity contribution in [2.24, 2.45) is 0 Å². The molecule has 2 heterocycles. The third kappa shape index (κ3) is 4.55. The number of pyridine rings is 1. The Morgan fingerprint density at radius 1 is 1.27 bits per heavy atom. The Hall–Kier alpha value is -2.08. The molecule has 1 aromatic heterocycles. The van der Waals surface area contributed by atoms with Crippen LogP contribution in [0.2, 0.25) is 0 Å². The van der Waals surface area contributed by atoms with E-state index in [2.05, 4.69) is 4.98 Å². The van der Waals surface area contributed by atoms with E-state index in [0.717, 1.165) is 17.7 Å². The van der Waals surface area contributed by atoms with Gasteiger partial charge in [-0.1, -0.05) is 18.2 Å². The maximum absolute atomic E-state index is 14.0. The summed E-state index contributed by atoms with van der Waals surface area (Å²) in [7, 11) is 0. The van der Waals surface area contributed by atoms with Gasteiger partial charge in [0.1, 0.15) is 5.82 Å². The van der Waals surface area contributed by atoms with Crippen LogP contribution < -0.4 is 4.74 Å². The van der Waals surface area contributed by atoms with Gasteiger partial charge in [-0.05, 0) is 32.4 Å². The molecule has 0 N–H and O–H groups in total. The highest BCUT2D eigenvalue weighted by molar-refractivity contribution is 7.99. The quantitative estimate of drug-likeness (QED) is 0.799. The monoisotopic (exact) mass is 374 g/mol. The third-order valence-electron chi connectivity index (χ3n) is 4.22. The number of carbonyl (C=O) groups is 1. The van der Waals surface area contributed by atoms with E-state index in [0.29, 0.717) is 24.5 Å². The first kappa shape index (κ1) is 18.7. The first-order valence-corrected chi connectivity index (χ1v) is 9.87. The lowest BCUT2D eigenvalue weighted by atomic mass is 10.1. The van der Waals surface area contributed by atoms with E-state index in [4.69, 9.17) is 4.74 Å². The molecule has 3 rings (SSSR count). The predicted octanol–water partition coefficient (Wildman–Crippen LogP) is 4.33. The van der Waals surface area contributed by atoms with Gasteiger partial charge in [-0.3, -0.25) is 4.79 Å². The van der Waals surface area contributed by atoms with Gasteiger partial charge in [-0.25, -0.2) is 9.37 Å². The van der Waals surface area contributed by atoms with E-state index in [-0.39, 0.29) is 23.1 Å². The van der Waals surface area contributed by atoms with E-state index in [9.17, 15) is 9.18 Å². The molecule has 0 saturated carbocycles. The first-order valence-electron chi connectivity index (χ1n) is 8.82. The fraction of sp³-hybridized carbons (Fsp3) is 0.400. The Morgan fingerprint density at radius 3 is 2.77 bits per heavy atom. The Balaban J connectivity index is 1.65. The lowest BCUT2D eigenvalue weighted by Gasteiger charge is -2.20. The molecule has 1 unspecified atom stereocenters. The van der Waals surface area contributed by atoms with Crippen LogP contribution in [0.1, 0.15) is 41.4 Å². The molecule has 138 valence electrons. The number of carbonyl (C=O) groups excluding carboxylic acids is 1. The maximum Gasteiger partial charge on any atom is 0.255 e.